The first-order chi connectivity index (χ1) is 14.5. The molecule has 2 heterocycles. The number of rotatable bonds is 5. The van der Waals surface area contributed by atoms with E-state index in [1.165, 1.54) is 4.90 Å². The van der Waals surface area contributed by atoms with E-state index in [0.717, 1.165) is 6.42 Å². The summed E-state index contributed by atoms with van der Waals surface area (Å²) in [5, 5.41) is 0. The summed E-state index contributed by atoms with van der Waals surface area (Å²) in [5.41, 5.74) is -0.551. The quantitative estimate of drug-likeness (QED) is 0.607. The molecule has 1 unspecified atom stereocenters. The Kier molecular flexibility index (Phi) is 8.70. The lowest BCUT2D eigenvalue weighted by Crippen LogP contribution is -2.49. The Bertz CT molecular complexity index is 667. The molecule has 0 saturated carbocycles. The highest BCUT2D eigenvalue weighted by atomic mass is 16.6. The van der Waals surface area contributed by atoms with Gasteiger partial charge in [-0.1, -0.05) is 0 Å². The SMILES string of the molecule is CCOC(=O)C1CCCN(C(=O)CN(C)C(=O)C2CCN(C(=O)OC(C)(C)C)CC2)C1. The molecule has 3 amide bonds. The van der Waals surface area contributed by atoms with Crippen LogP contribution in [-0.2, 0) is 23.9 Å². The first-order valence-electron chi connectivity index (χ1n) is 11.2. The third-order valence-corrected chi connectivity index (χ3v) is 5.64. The van der Waals surface area contributed by atoms with Gasteiger partial charge in [0.15, 0.2) is 0 Å². The van der Waals surface area contributed by atoms with Gasteiger partial charge in [0.2, 0.25) is 11.8 Å². The summed E-state index contributed by atoms with van der Waals surface area (Å²) in [4.78, 5) is 54.5. The number of amides is 3. The predicted octanol–water partition coefficient (Wildman–Crippen LogP) is 1.89. The molecule has 2 rings (SSSR count). The Labute approximate surface area is 185 Å². The van der Waals surface area contributed by atoms with Crippen LogP contribution in [0.5, 0.6) is 0 Å². The molecule has 2 saturated heterocycles. The molecule has 0 aromatic rings. The molecule has 0 N–H and O–H groups in total. The van der Waals surface area contributed by atoms with Crippen LogP contribution in [-0.4, -0.2) is 90.6 Å². The normalized spacial score (nSPS) is 20.2. The molecule has 2 fully saturated rings. The number of hydrogen-bond acceptors (Lipinski definition) is 6. The Morgan fingerprint density at radius 2 is 1.61 bits per heavy atom. The second-order valence-electron chi connectivity index (χ2n) is 9.37. The second kappa shape index (κ2) is 10.8. The number of likely N-dealkylation sites (N-methyl/N-ethyl adjacent to an activating group) is 1. The van der Waals surface area contributed by atoms with Crippen molar-refractivity contribution in [3.05, 3.63) is 0 Å². The lowest BCUT2D eigenvalue weighted by molar-refractivity contribution is -0.152. The van der Waals surface area contributed by atoms with Gasteiger partial charge in [0, 0.05) is 39.1 Å². The Balaban J connectivity index is 1.81. The molecule has 1 atom stereocenters. The first kappa shape index (κ1) is 24.9. The number of nitrogens with zero attached hydrogens (tertiary/aromatic N) is 3. The number of hydrogen-bond donors (Lipinski definition) is 0. The predicted molar refractivity (Wildman–Crippen MR) is 114 cm³/mol. The van der Waals surface area contributed by atoms with Crippen molar-refractivity contribution in [3.63, 3.8) is 0 Å². The van der Waals surface area contributed by atoms with Crippen LogP contribution in [0.1, 0.15) is 53.4 Å². The standard InChI is InChI=1S/C22H37N3O6/c1-6-30-20(28)17-8-7-11-25(14-17)18(26)15-23(5)19(27)16-9-12-24(13-10-16)21(29)31-22(2,3)4/h16-17H,6-15H2,1-5H3. The first-order valence-corrected chi connectivity index (χ1v) is 11.2. The van der Waals surface area contributed by atoms with E-state index in [0.29, 0.717) is 52.0 Å². The minimum Gasteiger partial charge on any atom is -0.466 e. The molecule has 31 heavy (non-hydrogen) atoms. The summed E-state index contributed by atoms with van der Waals surface area (Å²) in [7, 11) is 1.63. The summed E-state index contributed by atoms with van der Waals surface area (Å²) >= 11 is 0. The van der Waals surface area contributed by atoms with Gasteiger partial charge in [0.25, 0.3) is 0 Å². The van der Waals surface area contributed by atoms with Crippen molar-refractivity contribution in [2.24, 2.45) is 11.8 Å². The van der Waals surface area contributed by atoms with Gasteiger partial charge in [-0.25, -0.2) is 4.79 Å². The van der Waals surface area contributed by atoms with E-state index in [1.807, 2.05) is 20.8 Å². The van der Waals surface area contributed by atoms with Crippen LogP contribution in [0, 0.1) is 11.8 Å². The third-order valence-electron chi connectivity index (χ3n) is 5.64. The molecule has 0 aliphatic carbocycles. The second-order valence-corrected chi connectivity index (χ2v) is 9.37. The molecule has 176 valence electrons. The number of esters is 1. The van der Waals surface area contributed by atoms with Crippen molar-refractivity contribution in [3.8, 4) is 0 Å². The van der Waals surface area contributed by atoms with E-state index in [9.17, 15) is 19.2 Å². The highest BCUT2D eigenvalue weighted by molar-refractivity contribution is 5.86. The van der Waals surface area contributed by atoms with Gasteiger partial charge in [0.1, 0.15) is 5.60 Å². The zero-order valence-electron chi connectivity index (χ0n) is 19.5. The fourth-order valence-corrected chi connectivity index (χ4v) is 3.98. The summed E-state index contributed by atoms with van der Waals surface area (Å²) in [6, 6.07) is 0. The molecule has 0 spiro atoms. The monoisotopic (exact) mass is 439 g/mol. The van der Waals surface area contributed by atoms with Crippen LogP contribution < -0.4 is 0 Å². The van der Waals surface area contributed by atoms with E-state index < -0.39 is 5.60 Å². The summed E-state index contributed by atoms with van der Waals surface area (Å²) in [6.07, 6.45) is 2.20. The van der Waals surface area contributed by atoms with Crippen LogP contribution in [0.3, 0.4) is 0 Å². The number of piperidine rings is 2. The van der Waals surface area contributed by atoms with E-state index in [2.05, 4.69) is 0 Å². The lowest BCUT2D eigenvalue weighted by atomic mass is 9.95. The smallest absolute Gasteiger partial charge is 0.410 e. The lowest BCUT2D eigenvalue weighted by Gasteiger charge is -2.35. The Morgan fingerprint density at radius 1 is 0.968 bits per heavy atom. The Hall–Kier alpha value is -2.32. The van der Waals surface area contributed by atoms with Crippen LogP contribution in [0.2, 0.25) is 0 Å². The number of likely N-dealkylation sites (tertiary alicyclic amines) is 2. The van der Waals surface area contributed by atoms with Gasteiger partial charge in [-0.15, -0.1) is 0 Å². The highest BCUT2D eigenvalue weighted by Gasteiger charge is 2.33. The maximum Gasteiger partial charge on any atom is 0.410 e. The number of carbonyl (C=O) groups excluding carboxylic acids is 4. The molecule has 2 aliphatic heterocycles. The van der Waals surface area contributed by atoms with Crippen LogP contribution in [0.25, 0.3) is 0 Å². The van der Waals surface area contributed by atoms with Crippen LogP contribution in [0.15, 0.2) is 0 Å². The molecule has 0 aromatic heterocycles. The van der Waals surface area contributed by atoms with Crippen molar-refractivity contribution in [1.29, 1.82) is 0 Å². The zero-order chi connectivity index (χ0) is 23.2. The van der Waals surface area contributed by atoms with Crippen molar-refractivity contribution in [1.82, 2.24) is 14.7 Å². The van der Waals surface area contributed by atoms with Gasteiger partial charge in [-0.05, 0) is 53.4 Å². The van der Waals surface area contributed by atoms with E-state index in [4.69, 9.17) is 9.47 Å². The van der Waals surface area contributed by atoms with Gasteiger partial charge in [0.05, 0.1) is 19.1 Å². The molecule has 9 nitrogen and oxygen atoms in total. The van der Waals surface area contributed by atoms with Crippen molar-refractivity contribution < 1.29 is 28.7 Å². The van der Waals surface area contributed by atoms with Crippen molar-refractivity contribution in [2.45, 2.75) is 59.0 Å². The summed E-state index contributed by atoms with van der Waals surface area (Å²) in [5.74, 6) is -1.02. The summed E-state index contributed by atoms with van der Waals surface area (Å²) < 4.78 is 10.5. The average Bonchev–Trinajstić information content (AvgIpc) is 2.72. The number of ether oxygens (including phenoxy) is 2. The van der Waals surface area contributed by atoms with Gasteiger partial charge in [-0.2, -0.15) is 0 Å². The highest BCUT2D eigenvalue weighted by Crippen LogP contribution is 2.22. The van der Waals surface area contributed by atoms with Crippen LogP contribution in [0.4, 0.5) is 4.79 Å². The van der Waals surface area contributed by atoms with E-state index in [1.54, 1.807) is 23.8 Å². The van der Waals surface area contributed by atoms with Crippen molar-refractivity contribution >= 4 is 23.9 Å². The maximum atomic E-state index is 12.8. The fraction of sp³-hybridized carbons (Fsp3) is 0.818. The third kappa shape index (κ3) is 7.40. The largest absolute Gasteiger partial charge is 0.466 e. The maximum absolute atomic E-state index is 12.8. The Morgan fingerprint density at radius 3 is 2.19 bits per heavy atom. The molecule has 0 bridgehead atoms. The fourth-order valence-electron chi connectivity index (χ4n) is 3.98. The minimum absolute atomic E-state index is 0.0132. The average molecular weight is 440 g/mol. The number of carbonyl (C=O) groups is 4. The molecule has 0 radical (unpaired) electrons. The molecular formula is C22H37N3O6. The van der Waals surface area contributed by atoms with Gasteiger partial charge in [-0.3, -0.25) is 14.4 Å². The van der Waals surface area contributed by atoms with Crippen molar-refractivity contribution in [2.75, 3.05) is 46.4 Å². The van der Waals surface area contributed by atoms with E-state index >= 15 is 0 Å². The van der Waals surface area contributed by atoms with Gasteiger partial charge >= 0.3 is 12.1 Å². The molecule has 2 aliphatic rings. The van der Waals surface area contributed by atoms with E-state index in [-0.39, 0.29) is 42.3 Å². The van der Waals surface area contributed by atoms with Gasteiger partial charge < -0.3 is 24.2 Å². The molecular weight excluding hydrogens is 402 g/mol. The zero-order valence-corrected chi connectivity index (χ0v) is 19.5. The topological polar surface area (TPSA) is 96.5 Å². The minimum atomic E-state index is -0.551. The molecule has 0 aromatic carbocycles. The van der Waals surface area contributed by atoms with Crippen LogP contribution >= 0.6 is 0 Å². The summed E-state index contributed by atoms with van der Waals surface area (Å²) in [6.45, 7) is 9.40. The molecule has 9 heteroatoms.